The molecule has 1 aliphatic rings. The van der Waals surface area contributed by atoms with E-state index in [0.717, 1.165) is 6.26 Å². The van der Waals surface area contributed by atoms with Crippen LogP contribution in [0.1, 0.15) is 11.1 Å². The molecule has 2 rings (SSSR count). The molecule has 0 bridgehead atoms. The molecule has 1 heterocycles. The summed E-state index contributed by atoms with van der Waals surface area (Å²) < 4.78 is 45.8. The molecule has 16 heavy (non-hydrogen) atoms. The van der Waals surface area contributed by atoms with Gasteiger partial charge in [0.2, 0.25) is 0 Å². The van der Waals surface area contributed by atoms with Gasteiger partial charge in [-0.3, -0.25) is 0 Å². The Bertz CT molecular complexity index is 510. The van der Waals surface area contributed by atoms with Crippen LogP contribution < -0.4 is 4.74 Å². The summed E-state index contributed by atoms with van der Waals surface area (Å²) in [6.45, 7) is 0.305. The highest BCUT2D eigenvalue weighted by atomic mass is 32.2. The molecule has 1 aromatic rings. The molecule has 0 atom stereocenters. The van der Waals surface area contributed by atoms with Gasteiger partial charge in [0.15, 0.2) is 16.6 Å². The molecule has 0 fully saturated rings. The van der Waals surface area contributed by atoms with Crippen molar-refractivity contribution < 1.29 is 22.3 Å². The molecule has 0 unspecified atom stereocenters. The van der Waals surface area contributed by atoms with Crippen LogP contribution in [0.5, 0.6) is 5.75 Å². The van der Waals surface area contributed by atoms with Gasteiger partial charge in [-0.2, -0.15) is 0 Å². The van der Waals surface area contributed by atoms with E-state index in [-0.39, 0.29) is 19.2 Å². The number of halogens is 1. The van der Waals surface area contributed by atoms with Crippen LogP contribution in [0, 0.1) is 5.82 Å². The monoisotopic (exact) mass is 246 g/mol. The molecule has 1 aliphatic heterocycles. The minimum atomic E-state index is -3.21. The highest BCUT2D eigenvalue weighted by Crippen LogP contribution is 2.30. The number of ether oxygens (including phenoxy) is 2. The zero-order valence-electron chi connectivity index (χ0n) is 8.70. The third-order valence-electron chi connectivity index (χ3n) is 2.17. The predicted octanol–water partition coefficient (Wildman–Crippen LogP) is 1.24. The SMILES string of the molecule is CS(=O)(=O)Cc1cc(F)cc2c1OCOC2. The second kappa shape index (κ2) is 4.03. The zero-order chi connectivity index (χ0) is 11.8. The van der Waals surface area contributed by atoms with E-state index in [1.807, 2.05) is 0 Å². The van der Waals surface area contributed by atoms with Gasteiger partial charge in [-0.25, -0.2) is 12.8 Å². The van der Waals surface area contributed by atoms with Crippen LogP contribution >= 0.6 is 0 Å². The van der Waals surface area contributed by atoms with Gasteiger partial charge in [-0.1, -0.05) is 0 Å². The Balaban J connectivity index is 2.47. The van der Waals surface area contributed by atoms with E-state index in [1.54, 1.807) is 0 Å². The number of hydrogen-bond acceptors (Lipinski definition) is 4. The van der Waals surface area contributed by atoms with Crippen molar-refractivity contribution in [2.45, 2.75) is 12.4 Å². The second-order valence-corrected chi connectivity index (χ2v) is 5.87. The van der Waals surface area contributed by atoms with Crippen molar-refractivity contribution >= 4 is 9.84 Å². The van der Waals surface area contributed by atoms with Crippen molar-refractivity contribution in [1.82, 2.24) is 0 Å². The Morgan fingerprint density at radius 3 is 2.88 bits per heavy atom. The lowest BCUT2D eigenvalue weighted by Gasteiger charge is -2.20. The van der Waals surface area contributed by atoms with Gasteiger partial charge in [-0.05, 0) is 12.1 Å². The standard InChI is InChI=1S/C10H11FO4S/c1-16(12,13)5-8-3-9(11)2-7-4-14-6-15-10(7)8/h2-3H,4-6H2,1H3. The molecule has 0 amide bonds. The molecule has 0 spiro atoms. The summed E-state index contributed by atoms with van der Waals surface area (Å²) in [4.78, 5) is 0. The van der Waals surface area contributed by atoms with Crippen molar-refractivity contribution in [3.8, 4) is 5.75 Å². The van der Waals surface area contributed by atoms with Gasteiger partial charge < -0.3 is 9.47 Å². The molecule has 4 nitrogen and oxygen atoms in total. The summed E-state index contributed by atoms with van der Waals surface area (Å²) in [5, 5.41) is 0. The van der Waals surface area contributed by atoms with E-state index < -0.39 is 15.7 Å². The Morgan fingerprint density at radius 2 is 2.19 bits per heavy atom. The molecule has 0 N–H and O–H groups in total. The number of rotatable bonds is 2. The quantitative estimate of drug-likeness (QED) is 0.787. The number of hydrogen-bond donors (Lipinski definition) is 0. The molecule has 6 heteroatoms. The fraction of sp³-hybridized carbons (Fsp3) is 0.400. The maximum Gasteiger partial charge on any atom is 0.189 e. The Hall–Kier alpha value is -1.14. The minimum absolute atomic E-state index is 0.0649. The van der Waals surface area contributed by atoms with Crippen molar-refractivity contribution in [2.24, 2.45) is 0 Å². The molecular weight excluding hydrogens is 235 g/mol. The largest absolute Gasteiger partial charge is 0.467 e. The van der Waals surface area contributed by atoms with Crippen LogP contribution in [0.15, 0.2) is 12.1 Å². The lowest BCUT2D eigenvalue weighted by molar-refractivity contribution is -0.0171. The Kier molecular flexibility index (Phi) is 2.86. The fourth-order valence-electron chi connectivity index (χ4n) is 1.65. The smallest absolute Gasteiger partial charge is 0.189 e. The summed E-state index contributed by atoms with van der Waals surface area (Å²) in [5.41, 5.74) is 0.894. The average molecular weight is 246 g/mol. The van der Waals surface area contributed by atoms with Crippen LogP contribution in [0.4, 0.5) is 4.39 Å². The average Bonchev–Trinajstić information content (AvgIpc) is 2.14. The lowest BCUT2D eigenvalue weighted by Crippen LogP contribution is -2.15. The molecule has 0 radical (unpaired) electrons. The van der Waals surface area contributed by atoms with Gasteiger partial charge in [0.25, 0.3) is 0 Å². The zero-order valence-corrected chi connectivity index (χ0v) is 9.51. The van der Waals surface area contributed by atoms with Gasteiger partial charge in [-0.15, -0.1) is 0 Å². The first kappa shape index (κ1) is 11.3. The van der Waals surface area contributed by atoms with Gasteiger partial charge >= 0.3 is 0 Å². The van der Waals surface area contributed by atoms with Crippen LogP contribution in [-0.4, -0.2) is 21.5 Å². The van der Waals surface area contributed by atoms with E-state index >= 15 is 0 Å². The highest BCUT2D eigenvalue weighted by molar-refractivity contribution is 7.89. The molecule has 0 aliphatic carbocycles. The van der Waals surface area contributed by atoms with Crippen molar-refractivity contribution in [3.63, 3.8) is 0 Å². The predicted molar refractivity (Wildman–Crippen MR) is 55.2 cm³/mol. The van der Waals surface area contributed by atoms with Crippen molar-refractivity contribution in [3.05, 3.63) is 29.1 Å². The number of fused-ring (bicyclic) bond motifs is 1. The third-order valence-corrected chi connectivity index (χ3v) is 3.00. The maximum atomic E-state index is 13.2. The molecule has 0 aromatic heterocycles. The minimum Gasteiger partial charge on any atom is -0.467 e. The van der Waals surface area contributed by atoms with Gasteiger partial charge in [0.05, 0.1) is 12.4 Å². The third kappa shape index (κ3) is 2.51. The maximum absolute atomic E-state index is 13.2. The molecule has 1 aromatic carbocycles. The van der Waals surface area contributed by atoms with Crippen molar-refractivity contribution in [1.29, 1.82) is 0 Å². The summed E-state index contributed by atoms with van der Waals surface area (Å²) in [6.07, 6.45) is 1.10. The van der Waals surface area contributed by atoms with E-state index in [2.05, 4.69) is 0 Å². The van der Waals surface area contributed by atoms with Gasteiger partial charge in [0, 0.05) is 17.4 Å². The number of benzene rings is 1. The lowest BCUT2D eigenvalue weighted by atomic mass is 10.1. The summed E-state index contributed by atoms with van der Waals surface area (Å²) in [6, 6.07) is 2.48. The fourth-order valence-corrected chi connectivity index (χ4v) is 2.43. The molecule has 0 saturated heterocycles. The first-order valence-electron chi connectivity index (χ1n) is 4.65. The summed E-state index contributed by atoms with van der Waals surface area (Å²) in [5.74, 6) is -0.280. The first-order chi connectivity index (χ1) is 7.46. The van der Waals surface area contributed by atoms with Crippen LogP contribution in [0.25, 0.3) is 0 Å². The Labute approximate surface area is 92.9 Å². The summed E-state index contributed by atoms with van der Waals surface area (Å²) >= 11 is 0. The first-order valence-corrected chi connectivity index (χ1v) is 6.71. The van der Waals surface area contributed by atoms with E-state index in [0.29, 0.717) is 16.9 Å². The second-order valence-electron chi connectivity index (χ2n) is 3.73. The van der Waals surface area contributed by atoms with Crippen LogP contribution in [0.2, 0.25) is 0 Å². The normalized spacial score (nSPS) is 15.4. The topological polar surface area (TPSA) is 52.6 Å². The summed E-state index contributed by atoms with van der Waals surface area (Å²) in [7, 11) is -3.21. The van der Waals surface area contributed by atoms with Crippen LogP contribution in [0.3, 0.4) is 0 Å². The van der Waals surface area contributed by atoms with E-state index in [9.17, 15) is 12.8 Å². The molecular formula is C10H11FO4S. The Morgan fingerprint density at radius 1 is 1.44 bits per heavy atom. The molecule has 88 valence electrons. The van der Waals surface area contributed by atoms with Crippen molar-refractivity contribution in [2.75, 3.05) is 13.0 Å². The van der Waals surface area contributed by atoms with Gasteiger partial charge in [0.1, 0.15) is 11.6 Å². The van der Waals surface area contributed by atoms with Crippen LogP contribution in [-0.2, 0) is 26.9 Å². The highest BCUT2D eigenvalue weighted by Gasteiger charge is 2.19. The molecule has 0 saturated carbocycles. The van der Waals surface area contributed by atoms with E-state index in [4.69, 9.17) is 9.47 Å². The number of sulfone groups is 1. The van der Waals surface area contributed by atoms with E-state index in [1.165, 1.54) is 12.1 Å².